The van der Waals surface area contributed by atoms with Gasteiger partial charge in [-0.2, -0.15) is 0 Å². The van der Waals surface area contributed by atoms with E-state index in [4.69, 9.17) is 0 Å². The van der Waals surface area contributed by atoms with E-state index in [9.17, 15) is 5.11 Å². The van der Waals surface area contributed by atoms with Gasteiger partial charge in [0.05, 0.1) is 11.8 Å². The topological polar surface area (TPSA) is 20.2 Å². The lowest BCUT2D eigenvalue weighted by Crippen LogP contribution is -1.89. The first-order valence-electron chi connectivity index (χ1n) is 8.85. The summed E-state index contributed by atoms with van der Waals surface area (Å²) in [4.78, 5) is 2.22. The lowest BCUT2D eigenvalue weighted by atomic mass is 10.0. The highest BCUT2D eigenvalue weighted by Crippen LogP contribution is 2.39. The van der Waals surface area contributed by atoms with Gasteiger partial charge in [-0.05, 0) is 29.3 Å². The molecule has 0 aliphatic rings. The summed E-state index contributed by atoms with van der Waals surface area (Å²) in [5.74, 6) is 0. The van der Waals surface area contributed by atoms with Gasteiger partial charge in [-0.25, -0.2) is 0 Å². The van der Waals surface area contributed by atoms with Gasteiger partial charge in [0, 0.05) is 17.2 Å². The van der Waals surface area contributed by atoms with Gasteiger partial charge in [0.15, 0.2) is 0 Å². The standard InChI is InChI=1S/C25H18OS/c26-18-23(20-12-6-2-7-13-20)24-17-16-22(19-10-4-1-5-11-19)25(27-24)21-14-8-3-9-15-21/h1-18H/p+1/b23-18+. The number of aliphatic hydroxyl groups is 1. The van der Waals surface area contributed by atoms with Crippen LogP contribution >= 0.6 is 11.3 Å². The van der Waals surface area contributed by atoms with E-state index >= 15 is 0 Å². The van der Waals surface area contributed by atoms with Crippen molar-refractivity contribution in [3.63, 3.8) is 0 Å². The van der Waals surface area contributed by atoms with Crippen molar-refractivity contribution < 1.29 is 5.11 Å². The van der Waals surface area contributed by atoms with Crippen LogP contribution in [0.25, 0.3) is 27.1 Å². The number of hydrogen-bond acceptors (Lipinski definition) is 1. The van der Waals surface area contributed by atoms with Crippen LogP contribution in [0.2, 0.25) is 0 Å². The molecule has 0 unspecified atom stereocenters. The smallest absolute Gasteiger partial charge is 0.246 e. The molecule has 1 heterocycles. The highest BCUT2D eigenvalue weighted by molar-refractivity contribution is 7.16. The van der Waals surface area contributed by atoms with Crippen LogP contribution in [0.1, 0.15) is 10.4 Å². The van der Waals surface area contributed by atoms with Gasteiger partial charge in [0.2, 0.25) is 21.1 Å². The van der Waals surface area contributed by atoms with Crippen LogP contribution < -0.4 is 0 Å². The molecule has 0 saturated carbocycles. The molecule has 0 bridgehead atoms. The van der Waals surface area contributed by atoms with Gasteiger partial charge in [-0.3, -0.25) is 0 Å². The van der Waals surface area contributed by atoms with Crippen LogP contribution in [0, 0.1) is 0 Å². The van der Waals surface area contributed by atoms with Crippen LogP contribution in [0.4, 0.5) is 0 Å². The van der Waals surface area contributed by atoms with Crippen molar-refractivity contribution in [2.45, 2.75) is 0 Å². The molecular weight excluding hydrogens is 348 g/mol. The SMILES string of the molecule is O/C=C(\c1ccccc1)c1ccc(-c2ccccc2)c(-c2ccccc2)[s+]1. The molecule has 0 spiro atoms. The minimum atomic E-state index is 0.831. The summed E-state index contributed by atoms with van der Waals surface area (Å²) < 4.78 is 0. The minimum Gasteiger partial charge on any atom is -0.515 e. The fourth-order valence-electron chi connectivity index (χ4n) is 3.13. The highest BCUT2D eigenvalue weighted by atomic mass is 32.1. The Balaban J connectivity index is 1.89. The molecule has 0 aliphatic heterocycles. The van der Waals surface area contributed by atoms with Gasteiger partial charge in [-0.1, -0.05) is 78.9 Å². The second-order valence-electron chi connectivity index (χ2n) is 6.18. The monoisotopic (exact) mass is 367 g/mol. The van der Waals surface area contributed by atoms with Crippen molar-refractivity contribution in [2.75, 3.05) is 0 Å². The molecule has 0 fully saturated rings. The van der Waals surface area contributed by atoms with Crippen molar-refractivity contribution in [3.8, 4) is 21.6 Å². The maximum Gasteiger partial charge on any atom is 0.246 e. The predicted octanol–water partition coefficient (Wildman–Crippen LogP) is 7.31. The average Bonchev–Trinajstić information content (AvgIpc) is 2.76. The predicted molar refractivity (Wildman–Crippen MR) is 116 cm³/mol. The Kier molecular flexibility index (Phi) is 5.08. The summed E-state index contributed by atoms with van der Waals surface area (Å²) in [6.45, 7) is 0. The van der Waals surface area contributed by atoms with Gasteiger partial charge in [-0.15, -0.1) is 0 Å². The Hall–Kier alpha value is -3.23. The Bertz CT molecular complexity index is 1060. The van der Waals surface area contributed by atoms with Crippen molar-refractivity contribution >= 4 is 16.9 Å². The van der Waals surface area contributed by atoms with E-state index in [2.05, 4.69) is 60.7 Å². The van der Waals surface area contributed by atoms with Crippen LogP contribution in [-0.2, 0) is 0 Å². The molecular formula is C25H19OS+. The van der Waals surface area contributed by atoms with Crippen LogP contribution in [0.5, 0.6) is 0 Å². The minimum absolute atomic E-state index is 0.831. The van der Waals surface area contributed by atoms with Gasteiger partial charge in [0.1, 0.15) is 0 Å². The first kappa shape index (κ1) is 17.2. The van der Waals surface area contributed by atoms with Crippen molar-refractivity contribution in [3.05, 3.63) is 120 Å². The lowest BCUT2D eigenvalue weighted by Gasteiger charge is -2.05. The fourth-order valence-corrected chi connectivity index (χ4v) is 4.31. The van der Waals surface area contributed by atoms with Crippen molar-refractivity contribution in [1.29, 1.82) is 0 Å². The summed E-state index contributed by atoms with van der Waals surface area (Å²) in [5.41, 5.74) is 5.39. The lowest BCUT2D eigenvalue weighted by molar-refractivity contribution is 0.476. The Morgan fingerprint density at radius 3 is 1.78 bits per heavy atom. The molecule has 27 heavy (non-hydrogen) atoms. The molecule has 3 aromatic carbocycles. The zero-order chi connectivity index (χ0) is 18.5. The highest BCUT2D eigenvalue weighted by Gasteiger charge is 2.23. The maximum absolute atomic E-state index is 9.93. The van der Waals surface area contributed by atoms with Crippen LogP contribution in [-0.4, -0.2) is 5.11 Å². The fraction of sp³-hybridized carbons (Fsp3) is 0. The molecule has 0 amide bonds. The summed E-state index contributed by atoms with van der Waals surface area (Å²) in [7, 11) is 0. The van der Waals surface area contributed by atoms with E-state index in [0.717, 1.165) is 16.0 Å². The molecule has 4 aromatic rings. The third-order valence-corrected chi connectivity index (χ3v) is 5.69. The third-order valence-electron chi connectivity index (χ3n) is 4.46. The van der Waals surface area contributed by atoms with Crippen molar-refractivity contribution in [2.24, 2.45) is 0 Å². The number of benzene rings is 3. The van der Waals surface area contributed by atoms with Gasteiger partial charge >= 0.3 is 0 Å². The molecule has 0 aliphatic carbocycles. The van der Waals surface area contributed by atoms with E-state index in [1.165, 1.54) is 27.8 Å². The number of hydrogen-bond donors (Lipinski definition) is 1. The zero-order valence-corrected chi connectivity index (χ0v) is 15.6. The summed E-state index contributed by atoms with van der Waals surface area (Å²) >= 11 is 1.70. The van der Waals surface area contributed by atoms with E-state index < -0.39 is 0 Å². The zero-order valence-electron chi connectivity index (χ0n) is 14.7. The maximum atomic E-state index is 9.93. The molecule has 2 heteroatoms. The van der Waals surface area contributed by atoms with Gasteiger partial charge in [0.25, 0.3) is 0 Å². The molecule has 1 N–H and O–H groups in total. The second-order valence-corrected chi connectivity index (χ2v) is 7.24. The second kappa shape index (κ2) is 7.98. The first-order valence-corrected chi connectivity index (χ1v) is 9.66. The quantitative estimate of drug-likeness (QED) is 0.296. The summed E-state index contributed by atoms with van der Waals surface area (Å²) in [6, 6.07) is 35.1. The number of aliphatic hydroxyl groups excluding tert-OH is 1. The van der Waals surface area contributed by atoms with E-state index in [1.807, 2.05) is 42.5 Å². The Morgan fingerprint density at radius 1 is 0.630 bits per heavy atom. The molecule has 0 saturated heterocycles. The Labute approximate surface area is 163 Å². The Morgan fingerprint density at radius 2 is 1.19 bits per heavy atom. The summed E-state index contributed by atoms with van der Waals surface area (Å²) in [5, 5.41) is 9.93. The molecule has 4 rings (SSSR count). The third kappa shape index (κ3) is 3.67. The first-order chi connectivity index (χ1) is 13.4. The van der Waals surface area contributed by atoms with Gasteiger partial charge < -0.3 is 5.11 Å². The van der Waals surface area contributed by atoms with E-state index in [0.29, 0.717) is 0 Å². The molecule has 1 nitrogen and oxygen atoms in total. The molecule has 1 aromatic heterocycles. The van der Waals surface area contributed by atoms with Crippen LogP contribution in [0.15, 0.2) is 109 Å². The molecule has 0 atom stereocenters. The van der Waals surface area contributed by atoms with Crippen molar-refractivity contribution in [1.82, 2.24) is 0 Å². The molecule has 130 valence electrons. The van der Waals surface area contributed by atoms with E-state index in [1.54, 1.807) is 11.3 Å². The molecule has 0 radical (unpaired) electrons. The van der Waals surface area contributed by atoms with Crippen LogP contribution in [0.3, 0.4) is 0 Å². The number of rotatable bonds is 4. The summed E-state index contributed by atoms with van der Waals surface area (Å²) in [6.07, 6.45) is 1.21. The largest absolute Gasteiger partial charge is 0.515 e. The van der Waals surface area contributed by atoms with E-state index in [-0.39, 0.29) is 0 Å². The normalized spacial score (nSPS) is 11.3. The average molecular weight is 367 g/mol.